The molecule has 0 spiro atoms. The summed E-state index contributed by atoms with van der Waals surface area (Å²) in [5.74, 6) is 0.567. The lowest BCUT2D eigenvalue weighted by molar-refractivity contribution is 0.0997. The zero-order valence-corrected chi connectivity index (χ0v) is 12.4. The number of H-pyrrole nitrogens is 1. The van der Waals surface area contributed by atoms with Crippen LogP contribution >= 0.6 is 0 Å². The minimum absolute atomic E-state index is 0.0365. The fraction of sp³-hybridized carbons (Fsp3) is 0.286. The highest BCUT2D eigenvalue weighted by Crippen LogP contribution is 2.23. The number of rotatable bonds is 3. The second-order valence-electron chi connectivity index (χ2n) is 5.26. The molecule has 3 N–H and O–H groups in total. The molecular weight excluding hydrogens is 286 g/mol. The van der Waals surface area contributed by atoms with Gasteiger partial charge in [-0.1, -0.05) is 0 Å². The van der Waals surface area contributed by atoms with Crippen LogP contribution in [-0.4, -0.2) is 25.4 Å². The Morgan fingerprint density at radius 1 is 1.36 bits per heavy atom. The molecule has 8 heteroatoms. The number of furan rings is 1. The smallest absolute Gasteiger partial charge is 0.327 e. The molecular formula is C14H15N5O3. The molecule has 8 nitrogen and oxygen atoms in total. The Labute approximate surface area is 125 Å². The van der Waals surface area contributed by atoms with Gasteiger partial charge in [0.25, 0.3) is 5.91 Å². The van der Waals surface area contributed by atoms with E-state index in [4.69, 9.17) is 10.2 Å². The molecule has 22 heavy (non-hydrogen) atoms. The van der Waals surface area contributed by atoms with E-state index >= 15 is 0 Å². The molecule has 0 aromatic carbocycles. The van der Waals surface area contributed by atoms with Gasteiger partial charge >= 0.3 is 5.69 Å². The number of aryl methyl sites for hydroxylation is 1. The van der Waals surface area contributed by atoms with Gasteiger partial charge in [0.05, 0.1) is 0 Å². The number of carbonyl (C=O) groups excluding carboxylic acids is 1. The van der Waals surface area contributed by atoms with Crippen LogP contribution in [0.15, 0.2) is 21.3 Å². The monoisotopic (exact) mass is 301 g/mol. The summed E-state index contributed by atoms with van der Waals surface area (Å²) in [6, 6.07) is 3.33. The molecule has 0 fully saturated rings. The van der Waals surface area contributed by atoms with Crippen molar-refractivity contribution in [3.63, 3.8) is 0 Å². The Morgan fingerprint density at radius 3 is 2.64 bits per heavy atom. The van der Waals surface area contributed by atoms with Crippen molar-refractivity contribution in [2.45, 2.75) is 26.8 Å². The summed E-state index contributed by atoms with van der Waals surface area (Å²) in [4.78, 5) is 34.8. The highest BCUT2D eigenvalue weighted by molar-refractivity contribution is 6.01. The molecule has 3 rings (SSSR count). The van der Waals surface area contributed by atoms with Gasteiger partial charge in [0.1, 0.15) is 11.3 Å². The summed E-state index contributed by atoms with van der Waals surface area (Å²) in [6.07, 6.45) is 0. The molecule has 0 aliphatic heterocycles. The maximum atomic E-state index is 12.1. The number of imidazole rings is 1. The van der Waals surface area contributed by atoms with Gasteiger partial charge in [0.2, 0.25) is 0 Å². The third-order valence-electron chi connectivity index (χ3n) is 3.28. The van der Waals surface area contributed by atoms with E-state index in [1.807, 2.05) is 13.8 Å². The van der Waals surface area contributed by atoms with E-state index < -0.39 is 5.91 Å². The topological polar surface area (TPSA) is 120 Å². The lowest BCUT2D eigenvalue weighted by Gasteiger charge is -2.07. The number of primary amides is 1. The van der Waals surface area contributed by atoms with Crippen LogP contribution in [0.25, 0.3) is 22.7 Å². The van der Waals surface area contributed by atoms with Gasteiger partial charge in [0, 0.05) is 6.04 Å². The third-order valence-corrected chi connectivity index (χ3v) is 3.28. The maximum Gasteiger partial charge on any atom is 0.327 e. The maximum absolute atomic E-state index is 12.1. The summed E-state index contributed by atoms with van der Waals surface area (Å²) >= 11 is 0. The second kappa shape index (κ2) is 4.83. The van der Waals surface area contributed by atoms with E-state index in [0.717, 1.165) is 0 Å². The van der Waals surface area contributed by atoms with Gasteiger partial charge in [0.15, 0.2) is 22.9 Å². The summed E-state index contributed by atoms with van der Waals surface area (Å²) in [5, 5.41) is 0. The summed E-state index contributed by atoms with van der Waals surface area (Å²) in [6.45, 7) is 5.48. The molecule has 3 aromatic heterocycles. The van der Waals surface area contributed by atoms with Gasteiger partial charge in [-0.15, -0.1) is 0 Å². The molecule has 0 bridgehead atoms. The van der Waals surface area contributed by atoms with Crippen molar-refractivity contribution >= 4 is 17.1 Å². The van der Waals surface area contributed by atoms with Crippen LogP contribution < -0.4 is 11.4 Å². The van der Waals surface area contributed by atoms with E-state index in [2.05, 4.69) is 15.0 Å². The molecule has 3 heterocycles. The van der Waals surface area contributed by atoms with Crippen molar-refractivity contribution in [3.8, 4) is 11.6 Å². The fourth-order valence-electron chi connectivity index (χ4n) is 2.32. The second-order valence-corrected chi connectivity index (χ2v) is 5.26. The number of hydrogen-bond acceptors (Lipinski definition) is 5. The van der Waals surface area contributed by atoms with Crippen molar-refractivity contribution in [1.82, 2.24) is 19.5 Å². The Hall–Kier alpha value is -2.90. The largest absolute Gasteiger partial charge is 0.458 e. The number of aromatic nitrogens is 4. The highest BCUT2D eigenvalue weighted by Gasteiger charge is 2.21. The molecule has 114 valence electrons. The number of nitrogens with two attached hydrogens (primary N) is 1. The number of nitrogens with one attached hydrogen (secondary N) is 1. The molecule has 0 saturated carbocycles. The Kier molecular flexibility index (Phi) is 3.09. The van der Waals surface area contributed by atoms with Gasteiger partial charge in [-0.3, -0.25) is 9.36 Å². The summed E-state index contributed by atoms with van der Waals surface area (Å²) in [7, 11) is 0. The van der Waals surface area contributed by atoms with E-state index in [9.17, 15) is 9.59 Å². The minimum atomic E-state index is -0.742. The number of hydrogen-bond donors (Lipinski definition) is 2. The predicted octanol–water partition coefficient (Wildman–Crippen LogP) is 1.37. The zero-order valence-electron chi connectivity index (χ0n) is 12.4. The number of nitrogens with zero attached hydrogens (tertiary/aromatic N) is 3. The summed E-state index contributed by atoms with van der Waals surface area (Å²) < 4.78 is 6.93. The average molecular weight is 301 g/mol. The number of amides is 1. The Balaban J connectivity index is 2.39. The van der Waals surface area contributed by atoms with Gasteiger partial charge in [-0.25, -0.2) is 14.8 Å². The van der Waals surface area contributed by atoms with E-state index in [0.29, 0.717) is 17.2 Å². The number of carbonyl (C=O) groups is 1. The molecule has 1 amide bonds. The number of aromatic amines is 1. The van der Waals surface area contributed by atoms with Crippen molar-refractivity contribution in [1.29, 1.82) is 0 Å². The van der Waals surface area contributed by atoms with Gasteiger partial charge < -0.3 is 15.1 Å². The average Bonchev–Trinajstić information content (AvgIpc) is 2.99. The van der Waals surface area contributed by atoms with E-state index in [1.54, 1.807) is 19.1 Å². The standard InChI is InChI=1S/C14H15N5O3/c1-6(2)19-13-10(17-14(19)21)9(11(15)20)16-12(18-13)8-5-4-7(3)22-8/h4-6H,1-3H3,(H2,15,20)(H,17,21). The fourth-order valence-corrected chi connectivity index (χ4v) is 2.32. The molecule has 0 aliphatic rings. The van der Waals surface area contributed by atoms with Crippen molar-refractivity contribution in [2.75, 3.05) is 0 Å². The predicted molar refractivity (Wildman–Crippen MR) is 79.5 cm³/mol. The Morgan fingerprint density at radius 2 is 2.09 bits per heavy atom. The summed E-state index contributed by atoms with van der Waals surface area (Å²) in [5.41, 5.74) is 5.53. The first-order valence-electron chi connectivity index (χ1n) is 6.77. The molecule has 0 atom stereocenters. The Bertz CT molecular complexity index is 932. The first kappa shape index (κ1) is 14.1. The molecule has 0 aliphatic carbocycles. The van der Waals surface area contributed by atoms with Crippen molar-refractivity contribution in [2.24, 2.45) is 5.73 Å². The normalized spacial score (nSPS) is 11.5. The quantitative estimate of drug-likeness (QED) is 0.757. The van der Waals surface area contributed by atoms with Crippen molar-refractivity contribution < 1.29 is 9.21 Å². The minimum Gasteiger partial charge on any atom is -0.458 e. The van der Waals surface area contributed by atoms with Crippen LogP contribution in [0.5, 0.6) is 0 Å². The SMILES string of the molecule is Cc1ccc(-c2nc(C(N)=O)c3[nH]c(=O)n(C(C)C)c3n2)o1. The lowest BCUT2D eigenvalue weighted by Crippen LogP contribution is -2.18. The lowest BCUT2D eigenvalue weighted by atomic mass is 10.3. The molecule has 0 radical (unpaired) electrons. The van der Waals surface area contributed by atoms with E-state index in [1.165, 1.54) is 4.57 Å². The van der Waals surface area contributed by atoms with Gasteiger partial charge in [-0.2, -0.15) is 0 Å². The highest BCUT2D eigenvalue weighted by atomic mass is 16.3. The van der Waals surface area contributed by atoms with Crippen LogP contribution in [0.1, 0.15) is 36.1 Å². The van der Waals surface area contributed by atoms with E-state index in [-0.39, 0.29) is 28.8 Å². The van der Waals surface area contributed by atoms with Crippen LogP contribution in [0.2, 0.25) is 0 Å². The van der Waals surface area contributed by atoms with Gasteiger partial charge in [-0.05, 0) is 32.9 Å². The van der Waals surface area contributed by atoms with Crippen LogP contribution in [-0.2, 0) is 0 Å². The van der Waals surface area contributed by atoms with Crippen LogP contribution in [0, 0.1) is 6.92 Å². The molecule has 3 aromatic rings. The zero-order chi connectivity index (χ0) is 16.0. The van der Waals surface area contributed by atoms with Crippen molar-refractivity contribution in [3.05, 3.63) is 34.1 Å². The first-order valence-corrected chi connectivity index (χ1v) is 6.77. The first-order chi connectivity index (χ1) is 10.4. The third kappa shape index (κ3) is 2.09. The van der Waals surface area contributed by atoms with Crippen LogP contribution in [0.3, 0.4) is 0 Å². The molecule has 0 saturated heterocycles. The molecule has 0 unspecified atom stereocenters. The van der Waals surface area contributed by atoms with Crippen LogP contribution in [0.4, 0.5) is 0 Å². The number of fused-ring (bicyclic) bond motifs is 1.